The summed E-state index contributed by atoms with van der Waals surface area (Å²) in [4.78, 5) is 8.16. The topological polar surface area (TPSA) is 37.8 Å². The minimum absolute atomic E-state index is 0.415. The van der Waals surface area contributed by atoms with Crippen molar-refractivity contribution in [3.63, 3.8) is 0 Å². The molecule has 0 amide bonds. The molecular formula is C13H22ClN3. The Morgan fingerprint density at radius 3 is 2.59 bits per heavy atom. The zero-order valence-electron chi connectivity index (χ0n) is 11.1. The highest BCUT2D eigenvalue weighted by molar-refractivity contribution is 6.30. The first-order chi connectivity index (χ1) is 8.00. The minimum Gasteiger partial charge on any atom is -0.367 e. The number of aromatic nitrogens is 2. The molecule has 0 bridgehead atoms. The van der Waals surface area contributed by atoms with Gasteiger partial charge in [-0.05, 0) is 26.2 Å². The van der Waals surface area contributed by atoms with Gasteiger partial charge in [-0.3, -0.25) is 0 Å². The molecule has 0 aliphatic rings. The number of nitrogens with zero attached hydrogens (tertiary/aromatic N) is 2. The van der Waals surface area contributed by atoms with Crippen molar-refractivity contribution in [2.45, 2.75) is 53.0 Å². The monoisotopic (exact) mass is 255 g/mol. The summed E-state index contributed by atoms with van der Waals surface area (Å²) in [5, 5.41) is 3.91. The van der Waals surface area contributed by atoms with Gasteiger partial charge in [-0.25, -0.2) is 9.97 Å². The highest BCUT2D eigenvalue weighted by Crippen LogP contribution is 2.19. The van der Waals surface area contributed by atoms with Gasteiger partial charge in [0.2, 0.25) is 0 Å². The standard InChI is InChI=1S/C13H22ClN3/c1-9(2)6-5-7-10(3)17-13-11(4)12(14)15-8-16-13/h8-10H,5-7H2,1-4H3,(H,15,16,17). The Kier molecular flexibility index (Phi) is 5.69. The third-order valence-electron chi connectivity index (χ3n) is 2.82. The Morgan fingerprint density at radius 2 is 1.94 bits per heavy atom. The normalized spacial score (nSPS) is 12.8. The smallest absolute Gasteiger partial charge is 0.137 e. The van der Waals surface area contributed by atoms with Crippen LogP contribution in [0.2, 0.25) is 5.15 Å². The van der Waals surface area contributed by atoms with Gasteiger partial charge in [0.25, 0.3) is 0 Å². The van der Waals surface area contributed by atoms with Crippen molar-refractivity contribution < 1.29 is 0 Å². The van der Waals surface area contributed by atoms with E-state index in [4.69, 9.17) is 11.6 Å². The molecule has 17 heavy (non-hydrogen) atoms. The second-order valence-corrected chi connectivity index (χ2v) is 5.37. The Balaban J connectivity index is 2.45. The van der Waals surface area contributed by atoms with Gasteiger partial charge in [0.15, 0.2) is 0 Å². The zero-order chi connectivity index (χ0) is 12.8. The summed E-state index contributed by atoms with van der Waals surface area (Å²) in [5.74, 6) is 1.62. The number of nitrogens with one attached hydrogen (secondary N) is 1. The summed E-state index contributed by atoms with van der Waals surface area (Å²) < 4.78 is 0. The average molecular weight is 256 g/mol. The lowest BCUT2D eigenvalue weighted by atomic mass is 10.0. The highest BCUT2D eigenvalue weighted by Gasteiger charge is 2.08. The van der Waals surface area contributed by atoms with Crippen LogP contribution in [0.1, 0.15) is 45.6 Å². The fourth-order valence-electron chi connectivity index (χ4n) is 1.71. The number of halogens is 1. The van der Waals surface area contributed by atoms with E-state index in [0.29, 0.717) is 11.2 Å². The Bertz CT molecular complexity index is 353. The zero-order valence-corrected chi connectivity index (χ0v) is 11.9. The molecule has 0 aromatic carbocycles. The third kappa shape index (κ3) is 4.90. The average Bonchev–Trinajstić information content (AvgIpc) is 2.24. The van der Waals surface area contributed by atoms with Crippen molar-refractivity contribution in [1.29, 1.82) is 0 Å². The van der Waals surface area contributed by atoms with E-state index in [1.807, 2.05) is 6.92 Å². The maximum absolute atomic E-state index is 5.95. The highest BCUT2D eigenvalue weighted by atomic mass is 35.5. The molecule has 1 N–H and O–H groups in total. The Labute approximate surface area is 109 Å². The van der Waals surface area contributed by atoms with Crippen molar-refractivity contribution in [3.8, 4) is 0 Å². The fraction of sp³-hybridized carbons (Fsp3) is 0.692. The van der Waals surface area contributed by atoms with Crippen LogP contribution < -0.4 is 5.32 Å². The third-order valence-corrected chi connectivity index (χ3v) is 3.21. The predicted octanol–water partition coefficient (Wildman–Crippen LogP) is 4.07. The molecule has 0 radical (unpaired) electrons. The van der Waals surface area contributed by atoms with E-state index in [0.717, 1.165) is 23.7 Å². The first-order valence-electron chi connectivity index (χ1n) is 6.24. The maximum atomic E-state index is 5.95. The first-order valence-corrected chi connectivity index (χ1v) is 6.62. The molecule has 0 aliphatic heterocycles. The van der Waals surface area contributed by atoms with E-state index in [-0.39, 0.29) is 0 Å². The molecule has 0 saturated heterocycles. The Morgan fingerprint density at radius 1 is 1.24 bits per heavy atom. The molecule has 1 heterocycles. The molecule has 0 fully saturated rings. The van der Waals surface area contributed by atoms with Crippen LogP contribution in [0.15, 0.2) is 6.33 Å². The molecule has 1 rings (SSSR count). The van der Waals surface area contributed by atoms with Crippen molar-refractivity contribution in [2.24, 2.45) is 5.92 Å². The molecule has 0 aliphatic carbocycles. The quantitative estimate of drug-likeness (QED) is 0.779. The molecule has 96 valence electrons. The van der Waals surface area contributed by atoms with Crippen LogP contribution in [0.5, 0.6) is 0 Å². The summed E-state index contributed by atoms with van der Waals surface area (Å²) >= 11 is 5.95. The second kappa shape index (κ2) is 6.80. The number of hydrogen-bond acceptors (Lipinski definition) is 3. The van der Waals surface area contributed by atoms with Crippen molar-refractivity contribution >= 4 is 17.4 Å². The van der Waals surface area contributed by atoms with E-state index >= 15 is 0 Å². The van der Waals surface area contributed by atoms with Crippen LogP contribution in [-0.4, -0.2) is 16.0 Å². The van der Waals surface area contributed by atoms with Crippen LogP contribution in [0.4, 0.5) is 5.82 Å². The number of rotatable bonds is 6. The summed E-state index contributed by atoms with van der Waals surface area (Å²) in [6.07, 6.45) is 5.16. The van der Waals surface area contributed by atoms with Gasteiger partial charge in [-0.1, -0.05) is 38.3 Å². The molecule has 1 aromatic rings. The summed E-state index contributed by atoms with van der Waals surface area (Å²) in [6.45, 7) is 8.63. The van der Waals surface area contributed by atoms with Gasteiger partial charge >= 0.3 is 0 Å². The van der Waals surface area contributed by atoms with E-state index in [1.54, 1.807) is 0 Å². The maximum Gasteiger partial charge on any atom is 0.137 e. The lowest BCUT2D eigenvalue weighted by molar-refractivity contribution is 0.520. The van der Waals surface area contributed by atoms with E-state index in [2.05, 4.69) is 36.1 Å². The minimum atomic E-state index is 0.415. The van der Waals surface area contributed by atoms with Gasteiger partial charge in [0.05, 0.1) is 0 Å². The van der Waals surface area contributed by atoms with E-state index in [9.17, 15) is 0 Å². The van der Waals surface area contributed by atoms with Gasteiger partial charge in [0.1, 0.15) is 17.3 Å². The number of hydrogen-bond donors (Lipinski definition) is 1. The van der Waals surface area contributed by atoms with Crippen LogP contribution in [-0.2, 0) is 0 Å². The molecular weight excluding hydrogens is 234 g/mol. The van der Waals surface area contributed by atoms with Crippen molar-refractivity contribution in [2.75, 3.05) is 5.32 Å². The first kappa shape index (κ1) is 14.2. The molecule has 4 heteroatoms. The molecule has 3 nitrogen and oxygen atoms in total. The van der Waals surface area contributed by atoms with Gasteiger partial charge in [-0.2, -0.15) is 0 Å². The van der Waals surface area contributed by atoms with Gasteiger partial charge < -0.3 is 5.32 Å². The van der Waals surface area contributed by atoms with Crippen LogP contribution in [0.3, 0.4) is 0 Å². The summed E-state index contributed by atoms with van der Waals surface area (Å²) in [7, 11) is 0. The summed E-state index contributed by atoms with van der Waals surface area (Å²) in [5.41, 5.74) is 0.921. The second-order valence-electron chi connectivity index (χ2n) is 5.01. The van der Waals surface area contributed by atoms with Crippen LogP contribution in [0, 0.1) is 12.8 Å². The fourth-order valence-corrected chi connectivity index (χ4v) is 1.85. The lowest BCUT2D eigenvalue weighted by Crippen LogP contribution is -2.17. The number of anilines is 1. The van der Waals surface area contributed by atoms with Crippen molar-refractivity contribution in [3.05, 3.63) is 17.0 Å². The lowest BCUT2D eigenvalue weighted by Gasteiger charge is -2.16. The van der Waals surface area contributed by atoms with Crippen LogP contribution >= 0.6 is 11.6 Å². The largest absolute Gasteiger partial charge is 0.367 e. The molecule has 1 aromatic heterocycles. The predicted molar refractivity (Wildman–Crippen MR) is 73.6 cm³/mol. The molecule has 0 saturated carbocycles. The SMILES string of the molecule is Cc1c(Cl)ncnc1NC(C)CCCC(C)C. The van der Waals surface area contributed by atoms with Gasteiger partial charge in [0, 0.05) is 11.6 Å². The van der Waals surface area contributed by atoms with E-state index in [1.165, 1.54) is 19.2 Å². The Hall–Kier alpha value is -0.830. The van der Waals surface area contributed by atoms with Crippen LogP contribution in [0.25, 0.3) is 0 Å². The molecule has 1 atom stereocenters. The summed E-state index contributed by atoms with van der Waals surface area (Å²) in [6, 6.07) is 0.415. The van der Waals surface area contributed by atoms with Gasteiger partial charge in [-0.15, -0.1) is 0 Å². The molecule has 0 spiro atoms. The molecule has 1 unspecified atom stereocenters. The van der Waals surface area contributed by atoms with Crippen molar-refractivity contribution in [1.82, 2.24) is 9.97 Å². The van der Waals surface area contributed by atoms with E-state index < -0.39 is 0 Å².